The Labute approximate surface area is 156 Å². The van der Waals surface area contributed by atoms with Crippen molar-refractivity contribution in [2.75, 3.05) is 13.2 Å². The van der Waals surface area contributed by atoms with Crippen LogP contribution >= 0.6 is 0 Å². The van der Waals surface area contributed by atoms with Crippen molar-refractivity contribution < 1.29 is 18.8 Å². The minimum absolute atomic E-state index is 0.0836. The molecule has 3 aromatic rings. The van der Waals surface area contributed by atoms with Gasteiger partial charge < -0.3 is 19.3 Å². The summed E-state index contributed by atoms with van der Waals surface area (Å²) in [5.41, 5.74) is 0.716. The molecule has 2 aromatic carbocycles. The number of benzene rings is 2. The van der Waals surface area contributed by atoms with Gasteiger partial charge in [-0.3, -0.25) is 4.79 Å². The number of nitrogens with zero attached hydrogens (tertiary/aromatic N) is 2. The maximum atomic E-state index is 11.6. The van der Waals surface area contributed by atoms with Crippen LogP contribution in [0.5, 0.6) is 11.5 Å². The van der Waals surface area contributed by atoms with Crippen LogP contribution in [0, 0.1) is 0 Å². The van der Waals surface area contributed by atoms with Gasteiger partial charge in [0.1, 0.15) is 11.5 Å². The van der Waals surface area contributed by atoms with Crippen LogP contribution in [0.25, 0.3) is 11.4 Å². The summed E-state index contributed by atoms with van der Waals surface area (Å²) in [6.07, 6.45) is 1.61. The summed E-state index contributed by atoms with van der Waals surface area (Å²) in [6, 6.07) is 16.5. The second-order valence-electron chi connectivity index (χ2n) is 5.52. The van der Waals surface area contributed by atoms with Crippen LogP contribution in [-0.2, 0) is 11.4 Å². The van der Waals surface area contributed by atoms with E-state index in [0.717, 1.165) is 5.75 Å². The van der Waals surface area contributed by atoms with Gasteiger partial charge in [0.25, 0.3) is 11.8 Å². The first-order chi connectivity index (χ1) is 13.2. The number of aromatic nitrogens is 2. The monoisotopic (exact) mass is 365 g/mol. The fraction of sp³-hybridized carbons (Fsp3) is 0.150. The number of carbonyl (C=O) groups is 1. The molecule has 0 fully saturated rings. The third-order valence-electron chi connectivity index (χ3n) is 3.48. The Bertz CT molecular complexity index is 893. The summed E-state index contributed by atoms with van der Waals surface area (Å²) in [7, 11) is 0. The third kappa shape index (κ3) is 5.43. The van der Waals surface area contributed by atoms with Gasteiger partial charge in [-0.25, -0.2) is 0 Å². The first kappa shape index (κ1) is 18.2. The average Bonchev–Trinajstić information content (AvgIpc) is 3.19. The van der Waals surface area contributed by atoms with Crippen molar-refractivity contribution in [3.05, 3.63) is 73.1 Å². The average molecular weight is 365 g/mol. The lowest BCUT2D eigenvalue weighted by Crippen LogP contribution is -2.28. The summed E-state index contributed by atoms with van der Waals surface area (Å²) in [5.74, 6) is 1.82. The molecule has 0 unspecified atom stereocenters. The molecule has 0 saturated carbocycles. The lowest BCUT2D eigenvalue weighted by Gasteiger charge is -2.06. The van der Waals surface area contributed by atoms with E-state index in [9.17, 15) is 4.79 Å². The lowest BCUT2D eigenvalue weighted by molar-refractivity contribution is -0.122. The molecule has 0 bridgehead atoms. The standard InChI is InChI=1S/C20H19N3O4/c1-2-11-21-18(24)13-25-17-10-6-7-15(12-17)20-22-19(27-23-20)14-26-16-8-4-3-5-9-16/h2-10,12H,1,11,13-14H2,(H,21,24). The molecule has 1 heterocycles. The van der Waals surface area contributed by atoms with Gasteiger partial charge in [0.2, 0.25) is 5.82 Å². The van der Waals surface area contributed by atoms with Gasteiger partial charge in [-0.05, 0) is 24.3 Å². The van der Waals surface area contributed by atoms with Gasteiger partial charge in [-0.2, -0.15) is 4.98 Å². The van der Waals surface area contributed by atoms with E-state index in [-0.39, 0.29) is 19.1 Å². The van der Waals surface area contributed by atoms with Crippen molar-refractivity contribution in [3.8, 4) is 22.9 Å². The lowest BCUT2D eigenvalue weighted by atomic mass is 10.2. The molecule has 0 aliphatic heterocycles. The topological polar surface area (TPSA) is 86.5 Å². The summed E-state index contributed by atoms with van der Waals surface area (Å²) in [4.78, 5) is 15.9. The van der Waals surface area contributed by atoms with E-state index in [1.54, 1.807) is 24.3 Å². The summed E-state index contributed by atoms with van der Waals surface area (Å²) in [5, 5.41) is 6.61. The number of para-hydroxylation sites is 1. The number of nitrogens with one attached hydrogen (secondary N) is 1. The highest BCUT2D eigenvalue weighted by molar-refractivity contribution is 5.77. The minimum Gasteiger partial charge on any atom is -0.484 e. The molecule has 1 aromatic heterocycles. The van der Waals surface area contributed by atoms with Crippen LogP contribution in [0.15, 0.2) is 71.8 Å². The van der Waals surface area contributed by atoms with Crippen LogP contribution in [0.1, 0.15) is 5.89 Å². The van der Waals surface area contributed by atoms with Gasteiger partial charge in [-0.15, -0.1) is 6.58 Å². The van der Waals surface area contributed by atoms with Crippen LogP contribution in [-0.4, -0.2) is 29.2 Å². The van der Waals surface area contributed by atoms with Crippen LogP contribution in [0.4, 0.5) is 0 Å². The Kier molecular flexibility index (Phi) is 6.19. The van der Waals surface area contributed by atoms with E-state index < -0.39 is 0 Å². The van der Waals surface area contributed by atoms with E-state index >= 15 is 0 Å². The molecule has 0 saturated heterocycles. The summed E-state index contributed by atoms with van der Waals surface area (Å²) >= 11 is 0. The molecule has 1 N–H and O–H groups in total. The normalized spacial score (nSPS) is 10.2. The van der Waals surface area contributed by atoms with E-state index in [4.69, 9.17) is 14.0 Å². The highest BCUT2D eigenvalue weighted by atomic mass is 16.5. The van der Waals surface area contributed by atoms with Gasteiger partial charge in [0.15, 0.2) is 13.2 Å². The fourth-order valence-corrected chi connectivity index (χ4v) is 2.20. The molecule has 138 valence electrons. The fourth-order valence-electron chi connectivity index (χ4n) is 2.20. The van der Waals surface area contributed by atoms with Crippen LogP contribution in [0.2, 0.25) is 0 Å². The maximum Gasteiger partial charge on any atom is 0.264 e. The van der Waals surface area contributed by atoms with Crippen LogP contribution in [0.3, 0.4) is 0 Å². The number of amides is 1. The number of carbonyl (C=O) groups excluding carboxylic acids is 1. The summed E-state index contributed by atoms with van der Waals surface area (Å²) < 4.78 is 16.3. The molecule has 0 aliphatic carbocycles. The SMILES string of the molecule is C=CCNC(=O)COc1cccc(-c2noc(COc3ccccc3)n2)c1. The molecule has 7 heteroatoms. The zero-order valence-electron chi connectivity index (χ0n) is 14.6. The van der Waals surface area contributed by atoms with E-state index in [1.807, 2.05) is 36.4 Å². The Balaban J connectivity index is 1.59. The van der Waals surface area contributed by atoms with E-state index in [2.05, 4.69) is 22.0 Å². The van der Waals surface area contributed by atoms with Crippen molar-refractivity contribution in [3.63, 3.8) is 0 Å². The third-order valence-corrected chi connectivity index (χ3v) is 3.48. The second kappa shape index (κ2) is 9.19. The van der Waals surface area contributed by atoms with Crippen molar-refractivity contribution in [2.45, 2.75) is 6.61 Å². The molecule has 0 radical (unpaired) electrons. The number of hydrogen-bond acceptors (Lipinski definition) is 6. The van der Waals surface area contributed by atoms with E-state index in [0.29, 0.717) is 29.6 Å². The largest absolute Gasteiger partial charge is 0.484 e. The molecular weight excluding hydrogens is 346 g/mol. The summed E-state index contributed by atoms with van der Waals surface area (Å²) in [6.45, 7) is 4.04. The molecule has 7 nitrogen and oxygen atoms in total. The smallest absolute Gasteiger partial charge is 0.264 e. The zero-order chi connectivity index (χ0) is 18.9. The number of rotatable bonds is 9. The Morgan fingerprint density at radius 3 is 2.74 bits per heavy atom. The molecule has 1 amide bonds. The van der Waals surface area contributed by atoms with Crippen molar-refractivity contribution in [1.29, 1.82) is 0 Å². The highest BCUT2D eigenvalue weighted by Crippen LogP contribution is 2.22. The van der Waals surface area contributed by atoms with E-state index in [1.165, 1.54) is 0 Å². The zero-order valence-corrected chi connectivity index (χ0v) is 14.6. The van der Waals surface area contributed by atoms with Crippen LogP contribution < -0.4 is 14.8 Å². The molecule has 27 heavy (non-hydrogen) atoms. The molecule has 3 rings (SSSR count). The van der Waals surface area contributed by atoms with Crippen molar-refractivity contribution in [2.24, 2.45) is 0 Å². The predicted octanol–water partition coefficient (Wildman–Crippen LogP) is 3.00. The quantitative estimate of drug-likeness (QED) is 0.587. The first-order valence-electron chi connectivity index (χ1n) is 8.36. The van der Waals surface area contributed by atoms with Gasteiger partial charge in [0, 0.05) is 12.1 Å². The molecule has 0 spiro atoms. The Morgan fingerprint density at radius 2 is 1.93 bits per heavy atom. The second-order valence-corrected chi connectivity index (χ2v) is 5.52. The first-order valence-corrected chi connectivity index (χ1v) is 8.36. The predicted molar refractivity (Wildman–Crippen MR) is 99.2 cm³/mol. The van der Waals surface area contributed by atoms with Gasteiger partial charge >= 0.3 is 0 Å². The molecule has 0 aliphatic rings. The molecular formula is C20H19N3O4. The van der Waals surface area contributed by atoms with Crippen molar-refractivity contribution >= 4 is 5.91 Å². The van der Waals surface area contributed by atoms with Gasteiger partial charge in [0.05, 0.1) is 0 Å². The molecule has 0 atom stereocenters. The maximum absolute atomic E-state index is 11.6. The highest BCUT2D eigenvalue weighted by Gasteiger charge is 2.10. The Morgan fingerprint density at radius 1 is 1.11 bits per heavy atom. The van der Waals surface area contributed by atoms with Crippen molar-refractivity contribution in [1.82, 2.24) is 15.5 Å². The number of hydrogen-bond donors (Lipinski definition) is 1. The minimum atomic E-state index is -0.222. The number of ether oxygens (including phenoxy) is 2. The Hall–Kier alpha value is -3.61. The van der Waals surface area contributed by atoms with Gasteiger partial charge in [-0.1, -0.05) is 41.6 Å².